The summed E-state index contributed by atoms with van der Waals surface area (Å²) < 4.78 is 1.63. The molecule has 7 nitrogen and oxygen atoms in total. The lowest BCUT2D eigenvalue weighted by atomic mass is 10.1. The fraction of sp³-hybridized carbons (Fsp3) is 0.261. The molecular formula is C23H24N6O. The van der Waals surface area contributed by atoms with Gasteiger partial charge in [-0.1, -0.05) is 48.5 Å². The van der Waals surface area contributed by atoms with Crippen LogP contribution >= 0.6 is 0 Å². The number of fused-ring (bicyclic) bond motifs is 1. The fourth-order valence-corrected chi connectivity index (χ4v) is 4.06. The zero-order valence-corrected chi connectivity index (χ0v) is 16.9. The predicted octanol–water partition coefficient (Wildman–Crippen LogP) is 2.70. The topological polar surface area (TPSA) is 65.8 Å². The Morgan fingerprint density at radius 1 is 0.900 bits per heavy atom. The molecule has 0 aliphatic carbocycles. The normalized spacial score (nSPS) is 18.4. The summed E-state index contributed by atoms with van der Waals surface area (Å²) in [6.07, 6.45) is -0.426. The predicted molar refractivity (Wildman–Crippen MR) is 119 cm³/mol. The van der Waals surface area contributed by atoms with Crippen molar-refractivity contribution in [3.05, 3.63) is 88.3 Å². The van der Waals surface area contributed by atoms with E-state index in [1.807, 2.05) is 43.3 Å². The molecule has 30 heavy (non-hydrogen) atoms. The molecule has 7 heteroatoms. The average molecular weight is 400 g/mol. The van der Waals surface area contributed by atoms with Crippen LogP contribution in [-0.4, -0.2) is 46.6 Å². The first-order chi connectivity index (χ1) is 14.7. The maximum absolute atomic E-state index is 12.7. The van der Waals surface area contributed by atoms with Gasteiger partial charge in [-0.3, -0.25) is 14.7 Å². The second-order valence-corrected chi connectivity index (χ2v) is 7.60. The van der Waals surface area contributed by atoms with Crippen LogP contribution in [0.5, 0.6) is 0 Å². The summed E-state index contributed by atoms with van der Waals surface area (Å²) in [5.74, 6) is 1.32. The summed E-state index contributed by atoms with van der Waals surface area (Å²) in [5.41, 5.74) is 2.80. The molecule has 1 aromatic heterocycles. The molecule has 1 atom stereocenters. The third-order valence-corrected chi connectivity index (χ3v) is 5.59. The number of rotatable bonds is 2. The van der Waals surface area contributed by atoms with Gasteiger partial charge >= 0.3 is 0 Å². The van der Waals surface area contributed by atoms with Gasteiger partial charge in [0, 0.05) is 43.6 Å². The smallest absolute Gasteiger partial charge is 0.257 e. The zero-order valence-electron chi connectivity index (χ0n) is 16.9. The molecule has 0 radical (unpaired) electrons. The molecule has 0 bridgehead atoms. The van der Waals surface area contributed by atoms with Crippen LogP contribution in [-0.2, 0) is 0 Å². The Balaban J connectivity index is 1.45. The second kappa shape index (κ2) is 7.67. The highest BCUT2D eigenvalue weighted by Gasteiger charge is 2.29. The third kappa shape index (κ3) is 3.43. The Labute approximate surface area is 175 Å². The first kappa shape index (κ1) is 18.4. The largest absolute Gasteiger partial charge is 0.368 e. The first-order valence-electron chi connectivity index (χ1n) is 10.2. The van der Waals surface area contributed by atoms with E-state index in [9.17, 15) is 4.79 Å². The van der Waals surface area contributed by atoms with Gasteiger partial charge in [0.15, 0.2) is 6.17 Å². The van der Waals surface area contributed by atoms with Gasteiger partial charge < -0.3 is 9.80 Å². The summed E-state index contributed by atoms with van der Waals surface area (Å²) in [5, 5.41) is 3.31. The van der Waals surface area contributed by atoms with Crippen molar-refractivity contribution in [2.24, 2.45) is 4.99 Å². The average Bonchev–Trinajstić information content (AvgIpc) is 2.79. The first-order valence-corrected chi connectivity index (χ1v) is 10.2. The lowest BCUT2D eigenvalue weighted by molar-refractivity contribution is 0.376. The van der Waals surface area contributed by atoms with Crippen LogP contribution in [0.3, 0.4) is 0 Å². The van der Waals surface area contributed by atoms with Crippen molar-refractivity contribution >= 4 is 17.6 Å². The van der Waals surface area contributed by atoms with E-state index in [2.05, 4.69) is 44.4 Å². The highest BCUT2D eigenvalue weighted by Crippen LogP contribution is 2.26. The Morgan fingerprint density at radius 3 is 2.23 bits per heavy atom. The molecule has 2 aliphatic rings. The molecule has 1 saturated heterocycles. The van der Waals surface area contributed by atoms with Crippen molar-refractivity contribution in [1.82, 2.24) is 14.5 Å². The van der Waals surface area contributed by atoms with Gasteiger partial charge in [0.05, 0.1) is 0 Å². The number of nitrogens with zero attached hydrogens (tertiary/aromatic N) is 5. The van der Waals surface area contributed by atoms with Crippen LogP contribution in [0.15, 0.2) is 76.5 Å². The molecule has 1 N–H and O–H groups in total. The summed E-state index contributed by atoms with van der Waals surface area (Å²) in [6.45, 7) is 5.35. The van der Waals surface area contributed by atoms with Gasteiger partial charge in [0.2, 0.25) is 11.9 Å². The van der Waals surface area contributed by atoms with Crippen LogP contribution in [0, 0.1) is 6.92 Å². The van der Waals surface area contributed by atoms with E-state index in [1.165, 1.54) is 5.69 Å². The van der Waals surface area contributed by atoms with Gasteiger partial charge in [0.25, 0.3) is 5.56 Å². The number of benzene rings is 2. The molecule has 0 amide bonds. The van der Waals surface area contributed by atoms with Crippen LogP contribution in [0.2, 0.25) is 0 Å². The minimum atomic E-state index is -0.426. The number of hydrogen-bond donors (Lipinski definition) is 1. The van der Waals surface area contributed by atoms with Crippen molar-refractivity contribution in [1.29, 1.82) is 0 Å². The van der Waals surface area contributed by atoms with Crippen LogP contribution < -0.4 is 15.8 Å². The SMILES string of the molecule is Cc1cc(=O)n2c(n1)NC(N1CCN(c3ccccc3)CC1)=N[C@@H]2c1ccccc1. The van der Waals surface area contributed by atoms with Gasteiger partial charge in [-0.05, 0) is 24.6 Å². The van der Waals surface area contributed by atoms with Gasteiger partial charge in [-0.25, -0.2) is 9.98 Å². The number of piperazine rings is 1. The van der Waals surface area contributed by atoms with E-state index in [4.69, 9.17) is 4.99 Å². The zero-order chi connectivity index (χ0) is 20.5. The number of guanidine groups is 1. The van der Waals surface area contributed by atoms with E-state index in [-0.39, 0.29) is 5.56 Å². The molecule has 5 rings (SSSR count). The number of aryl methyl sites for hydroxylation is 1. The van der Waals surface area contributed by atoms with Crippen molar-refractivity contribution in [2.45, 2.75) is 13.1 Å². The maximum atomic E-state index is 12.7. The summed E-state index contributed by atoms with van der Waals surface area (Å²) in [7, 11) is 0. The summed E-state index contributed by atoms with van der Waals surface area (Å²) in [4.78, 5) is 26.9. The van der Waals surface area contributed by atoms with Gasteiger partial charge in [-0.2, -0.15) is 0 Å². The van der Waals surface area contributed by atoms with Crippen molar-refractivity contribution in [2.75, 3.05) is 36.4 Å². The van der Waals surface area contributed by atoms with Crippen LogP contribution in [0.4, 0.5) is 11.6 Å². The van der Waals surface area contributed by atoms with E-state index in [0.717, 1.165) is 37.7 Å². The monoisotopic (exact) mass is 400 g/mol. The number of para-hydroxylation sites is 1. The van der Waals surface area contributed by atoms with E-state index < -0.39 is 6.17 Å². The number of aromatic nitrogens is 2. The third-order valence-electron chi connectivity index (χ3n) is 5.59. The molecule has 3 heterocycles. The minimum absolute atomic E-state index is 0.101. The molecule has 2 aromatic carbocycles. The quantitative estimate of drug-likeness (QED) is 0.717. The Kier molecular flexibility index (Phi) is 4.71. The molecule has 0 saturated carbocycles. The fourth-order valence-electron chi connectivity index (χ4n) is 4.06. The van der Waals surface area contributed by atoms with Crippen LogP contribution in [0.25, 0.3) is 0 Å². The highest BCUT2D eigenvalue weighted by molar-refractivity contribution is 5.93. The molecule has 2 aliphatic heterocycles. The lowest BCUT2D eigenvalue weighted by Gasteiger charge is -2.39. The molecule has 0 spiro atoms. The van der Waals surface area contributed by atoms with Crippen molar-refractivity contribution in [3.8, 4) is 0 Å². The molecule has 3 aromatic rings. The van der Waals surface area contributed by atoms with Crippen LogP contribution in [0.1, 0.15) is 17.4 Å². The van der Waals surface area contributed by atoms with E-state index in [0.29, 0.717) is 11.6 Å². The number of anilines is 2. The molecular weight excluding hydrogens is 376 g/mol. The summed E-state index contributed by atoms with van der Waals surface area (Å²) >= 11 is 0. The maximum Gasteiger partial charge on any atom is 0.257 e. The summed E-state index contributed by atoms with van der Waals surface area (Å²) in [6, 6.07) is 21.9. The number of hydrogen-bond acceptors (Lipinski definition) is 6. The highest BCUT2D eigenvalue weighted by atomic mass is 16.1. The molecule has 0 unspecified atom stereocenters. The lowest BCUT2D eigenvalue weighted by Crippen LogP contribution is -2.52. The second-order valence-electron chi connectivity index (χ2n) is 7.60. The molecule has 1 fully saturated rings. The Morgan fingerprint density at radius 2 is 1.53 bits per heavy atom. The van der Waals surface area contributed by atoms with Crippen molar-refractivity contribution < 1.29 is 0 Å². The van der Waals surface area contributed by atoms with E-state index in [1.54, 1.807) is 10.6 Å². The number of aliphatic imine (C=N–C) groups is 1. The van der Waals surface area contributed by atoms with Gasteiger partial charge in [-0.15, -0.1) is 0 Å². The number of nitrogens with one attached hydrogen (secondary N) is 1. The Bertz CT molecular complexity index is 1120. The standard InChI is InChI=1S/C23H24N6O/c1-17-16-20(30)29-21(18-8-4-2-5-9-18)25-22(26-23(29)24-17)28-14-12-27(13-15-28)19-10-6-3-7-11-19/h2-11,16,21H,12-15H2,1H3,(H,24,25,26)/t21-/m0/s1. The Hall–Kier alpha value is -3.61. The molecule has 152 valence electrons. The minimum Gasteiger partial charge on any atom is -0.368 e. The van der Waals surface area contributed by atoms with E-state index >= 15 is 0 Å². The van der Waals surface area contributed by atoms with Gasteiger partial charge in [0.1, 0.15) is 0 Å². The van der Waals surface area contributed by atoms with Crippen molar-refractivity contribution in [3.63, 3.8) is 0 Å².